The van der Waals surface area contributed by atoms with Crippen molar-refractivity contribution >= 4 is 23.9 Å². The third-order valence-electron chi connectivity index (χ3n) is 2.97. The molecule has 0 aromatic heterocycles. The summed E-state index contributed by atoms with van der Waals surface area (Å²) in [5.41, 5.74) is 1.29. The minimum absolute atomic E-state index is 0.914. The van der Waals surface area contributed by atoms with E-state index in [1.54, 1.807) is 11.8 Å². The predicted molar refractivity (Wildman–Crippen MR) is 88.0 cm³/mol. The van der Waals surface area contributed by atoms with Crippen molar-refractivity contribution < 1.29 is 0 Å². The van der Waals surface area contributed by atoms with Gasteiger partial charge in [-0.3, -0.25) is 0 Å². The van der Waals surface area contributed by atoms with Crippen molar-refractivity contribution in [2.75, 3.05) is 0 Å². The molecule has 2 rings (SSSR count). The molecule has 0 saturated heterocycles. The zero-order chi connectivity index (χ0) is 13.7. The number of hydrogen-bond donors (Lipinski definition) is 0. The quantitative estimate of drug-likeness (QED) is 0.782. The molecule has 96 valence electrons. The normalized spacial score (nSPS) is 23.3. The Hall–Kier alpha value is -1.73. The van der Waals surface area contributed by atoms with Crippen molar-refractivity contribution in [2.45, 2.75) is 13.3 Å². The number of thioether (sulfide) groups is 1. The van der Waals surface area contributed by atoms with Crippen LogP contribution in [0.5, 0.6) is 0 Å². The summed E-state index contributed by atoms with van der Waals surface area (Å²) in [7, 11) is 0. The van der Waals surface area contributed by atoms with E-state index in [0.29, 0.717) is 0 Å². The van der Waals surface area contributed by atoms with E-state index in [1.165, 1.54) is 20.9 Å². The van der Waals surface area contributed by atoms with Gasteiger partial charge in [0.1, 0.15) is 0 Å². The number of benzene rings is 1. The van der Waals surface area contributed by atoms with E-state index >= 15 is 0 Å². The molecule has 0 nitrogen and oxygen atoms in total. The van der Waals surface area contributed by atoms with Crippen LogP contribution in [0.1, 0.15) is 13.3 Å². The van der Waals surface area contributed by atoms with Gasteiger partial charge in [-0.25, -0.2) is 0 Å². The summed E-state index contributed by atoms with van der Waals surface area (Å²) in [4.78, 5) is 2.23. The van der Waals surface area contributed by atoms with E-state index in [1.807, 2.05) is 13.0 Å². The number of allylic oxidation sites excluding steroid dienone is 5. The van der Waals surface area contributed by atoms with Gasteiger partial charge >= 0.3 is 0 Å². The van der Waals surface area contributed by atoms with Crippen LogP contribution in [0, 0.1) is 0 Å². The van der Waals surface area contributed by atoms with Gasteiger partial charge in [0.25, 0.3) is 0 Å². The zero-order valence-corrected chi connectivity index (χ0v) is 12.0. The van der Waals surface area contributed by atoms with E-state index in [4.69, 9.17) is 0 Å². The molecule has 0 aliphatic carbocycles. The molecule has 19 heavy (non-hydrogen) atoms. The topological polar surface area (TPSA) is 0 Å². The van der Waals surface area contributed by atoms with Gasteiger partial charge in [0.15, 0.2) is 0 Å². The Morgan fingerprint density at radius 1 is 1.21 bits per heavy atom. The summed E-state index contributed by atoms with van der Waals surface area (Å²) in [6.45, 7) is 10.1. The second kappa shape index (κ2) is 6.44. The summed E-state index contributed by atoms with van der Waals surface area (Å²) in [6.07, 6.45) is 11.5. The van der Waals surface area contributed by atoms with Crippen LogP contribution in [-0.2, 0) is 0 Å². The van der Waals surface area contributed by atoms with Crippen molar-refractivity contribution in [1.29, 1.82) is 0 Å². The Labute approximate surface area is 119 Å². The predicted octanol–water partition coefficient (Wildman–Crippen LogP) is 3.91. The Morgan fingerprint density at radius 3 is 2.63 bits per heavy atom. The van der Waals surface area contributed by atoms with Gasteiger partial charge in [-0.05, 0) is 35.4 Å². The Balaban J connectivity index is 2.62. The minimum Gasteiger partial charge on any atom is -0.0979 e. The third-order valence-corrected chi connectivity index (χ3v) is 3.99. The smallest absolute Gasteiger partial charge is 0.0151 e. The third kappa shape index (κ3) is 3.39. The Morgan fingerprint density at radius 2 is 1.95 bits per heavy atom. The van der Waals surface area contributed by atoms with E-state index in [0.717, 1.165) is 11.3 Å². The molecule has 0 unspecified atom stereocenters. The fourth-order valence-electron chi connectivity index (χ4n) is 2.08. The molecule has 1 aliphatic rings. The fourth-order valence-corrected chi connectivity index (χ4v) is 2.92. The summed E-state index contributed by atoms with van der Waals surface area (Å²) in [6, 6.07) is 8.42. The van der Waals surface area contributed by atoms with Gasteiger partial charge in [-0.15, -0.1) is 0 Å². The monoisotopic (exact) mass is 266 g/mol. The lowest BCUT2D eigenvalue weighted by molar-refractivity contribution is 1.32. The SMILES string of the molecule is C=C/C1=C(\C=C/C)C/C=c2/cccc/c2=C/C(=C)S1. The number of hydrogen-bond acceptors (Lipinski definition) is 1. The van der Waals surface area contributed by atoms with Crippen molar-refractivity contribution in [1.82, 2.24) is 0 Å². The molecule has 0 N–H and O–H groups in total. The van der Waals surface area contributed by atoms with Crippen molar-refractivity contribution in [3.63, 3.8) is 0 Å². The van der Waals surface area contributed by atoms with Gasteiger partial charge in [0.2, 0.25) is 0 Å². The van der Waals surface area contributed by atoms with Crippen LogP contribution in [0.4, 0.5) is 0 Å². The number of fused-ring (bicyclic) bond motifs is 1. The van der Waals surface area contributed by atoms with Crippen LogP contribution in [-0.4, -0.2) is 0 Å². The van der Waals surface area contributed by atoms with Gasteiger partial charge in [-0.2, -0.15) is 0 Å². The molecule has 1 heteroatoms. The molecular formula is C18H18S. The van der Waals surface area contributed by atoms with Crippen molar-refractivity contribution in [3.05, 3.63) is 81.5 Å². The van der Waals surface area contributed by atoms with E-state index in [2.05, 4.69) is 61.7 Å². The zero-order valence-electron chi connectivity index (χ0n) is 11.2. The van der Waals surface area contributed by atoms with Gasteiger partial charge in [-0.1, -0.05) is 73.5 Å². The molecule has 0 radical (unpaired) electrons. The first-order chi connectivity index (χ1) is 9.24. The summed E-state index contributed by atoms with van der Waals surface area (Å²) in [5, 5.41) is 2.49. The highest BCUT2D eigenvalue weighted by atomic mass is 32.2. The number of rotatable bonds is 2. The van der Waals surface area contributed by atoms with E-state index in [9.17, 15) is 0 Å². The lowest BCUT2D eigenvalue weighted by Gasteiger charge is -2.06. The van der Waals surface area contributed by atoms with Crippen LogP contribution in [0.2, 0.25) is 0 Å². The molecule has 1 heterocycles. The fraction of sp³-hybridized carbons (Fsp3) is 0.111. The van der Waals surface area contributed by atoms with Crippen LogP contribution < -0.4 is 10.4 Å². The van der Waals surface area contributed by atoms with E-state index < -0.39 is 0 Å². The standard InChI is InChI=1S/C18H18S/c1-4-8-16-12-11-15-9-6-7-10-17(15)13-14(3)19-18(16)5-2/h4-11,13H,2-3,12H2,1H3/b8-4-,15-11-,17-13-,18-16-. The summed E-state index contributed by atoms with van der Waals surface area (Å²) in [5.74, 6) is 0. The second-order valence-corrected chi connectivity index (χ2v) is 5.51. The van der Waals surface area contributed by atoms with Crippen molar-refractivity contribution in [2.24, 2.45) is 0 Å². The molecule has 1 aliphatic heterocycles. The minimum atomic E-state index is 0.914. The molecule has 1 aromatic carbocycles. The molecule has 1 aromatic rings. The first-order valence-corrected chi connectivity index (χ1v) is 7.18. The molecule has 0 bridgehead atoms. The molecule has 0 atom stereocenters. The highest BCUT2D eigenvalue weighted by Crippen LogP contribution is 2.30. The maximum Gasteiger partial charge on any atom is 0.0151 e. The van der Waals surface area contributed by atoms with Crippen LogP contribution in [0.25, 0.3) is 12.2 Å². The van der Waals surface area contributed by atoms with Gasteiger partial charge in [0, 0.05) is 9.81 Å². The average Bonchev–Trinajstić information content (AvgIpc) is 2.48. The van der Waals surface area contributed by atoms with Crippen LogP contribution >= 0.6 is 11.8 Å². The lowest BCUT2D eigenvalue weighted by Crippen LogP contribution is -2.23. The molecular weight excluding hydrogens is 248 g/mol. The highest BCUT2D eigenvalue weighted by molar-refractivity contribution is 8.07. The second-order valence-electron chi connectivity index (χ2n) is 4.34. The molecule has 0 saturated carbocycles. The summed E-state index contributed by atoms with van der Waals surface area (Å²) < 4.78 is 0. The summed E-state index contributed by atoms with van der Waals surface area (Å²) >= 11 is 1.69. The Kier molecular flexibility index (Phi) is 4.64. The average molecular weight is 266 g/mol. The first-order valence-electron chi connectivity index (χ1n) is 6.36. The van der Waals surface area contributed by atoms with Gasteiger partial charge in [0.05, 0.1) is 0 Å². The van der Waals surface area contributed by atoms with Gasteiger partial charge < -0.3 is 0 Å². The molecule has 0 fully saturated rings. The lowest BCUT2D eigenvalue weighted by atomic mass is 10.1. The maximum atomic E-state index is 4.14. The van der Waals surface area contributed by atoms with Crippen LogP contribution in [0.15, 0.2) is 71.0 Å². The highest BCUT2D eigenvalue weighted by Gasteiger charge is 2.04. The molecule has 0 spiro atoms. The van der Waals surface area contributed by atoms with Crippen LogP contribution in [0.3, 0.4) is 0 Å². The maximum absolute atomic E-state index is 4.14. The Bertz CT molecular complexity index is 672. The first kappa shape index (κ1) is 13.7. The largest absolute Gasteiger partial charge is 0.0979 e. The van der Waals surface area contributed by atoms with E-state index in [-0.39, 0.29) is 0 Å². The van der Waals surface area contributed by atoms with Crippen molar-refractivity contribution in [3.8, 4) is 0 Å². The molecule has 0 amide bonds.